The van der Waals surface area contributed by atoms with Crippen LogP contribution in [0.15, 0.2) is 36.0 Å². The molecular formula is C13H18O2. The van der Waals surface area contributed by atoms with Crippen LogP contribution in [0.25, 0.3) is 0 Å². The Kier molecular flexibility index (Phi) is 4.35. The van der Waals surface area contributed by atoms with E-state index in [-0.39, 0.29) is 0 Å². The smallest absolute Gasteiger partial charge is 0.335 e. The summed E-state index contributed by atoms with van der Waals surface area (Å²) in [5, 5.41) is 9.05. The van der Waals surface area contributed by atoms with Gasteiger partial charge in [-0.1, -0.05) is 44.1 Å². The van der Waals surface area contributed by atoms with Gasteiger partial charge in [-0.25, -0.2) is 4.79 Å². The lowest BCUT2D eigenvalue weighted by atomic mass is 9.80. The molecule has 0 aromatic rings. The molecular weight excluding hydrogens is 188 g/mol. The van der Waals surface area contributed by atoms with E-state index in [0.717, 1.165) is 12.0 Å². The minimum atomic E-state index is -0.859. The van der Waals surface area contributed by atoms with E-state index >= 15 is 0 Å². The molecule has 1 aliphatic rings. The highest BCUT2D eigenvalue weighted by Crippen LogP contribution is 2.33. The van der Waals surface area contributed by atoms with Crippen LogP contribution in [0.3, 0.4) is 0 Å². The summed E-state index contributed by atoms with van der Waals surface area (Å²) in [4.78, 5) is 11.0. The van der Waals surface area contributed by atoms with Crippen molar-refractivity contribution in [1.82, 2.24) is 0 Å². The molecule has 0 amide bonds. The van der Waals surface area contributed by atoms with Crippen LogP contribution in [0.4, 0.5) is 0 Å². The van der Waals surface area contributed by atoms with Gasteiger partial charge in [0.25, 0.3) is 0 Å². The van der Waals surface area contributed by atoms with E-state index in [9.17, 15) is 4.79 Å². The largest absolute Gasteiger partial charge is 0.478 e. The highest BCUT2D eigenvalue weighted by Gasteiger charge is 2.20. The molecule has 0 saturated heterocycles. The van der Waals surface area contributed by atoms with Crippen molar-refractivity contribution >= 4 is 5.97 Å². The first-order valence-electron chi connectivity index (χ1n) is 5.40. The summed E-state index contributed by atoms with van der Waals surface area (Å²) in [6.07, 6.45) is 9.67. The highest BCUT2D eigenvalue weighted by molar-refractivity contribution is 5.91. The van der Waals surface area contributed by atoms with Crippen LogP contribution in [0.5, 0.6) is 0 Å². The first kappa shape index (κ1) is 11.8. The molecule has 1 N–H and O–H groups in total. The van der Waals surface area contributed by atoms with Crippen molar-refractivity contribution in [2.45, 2.75) is 32.6 Å². The van der Waals surface area contributed by atoms with Crippen molar-refractivity contribution in [1.29, 1.82) is 0 Å². The van der Waals surface area contributed by atoms with Gasteiger partial charge in [0.1, 0.15) is 0 Å². The van der Waals surface area contributed by atoms with E-state index in [2.05, 4.69) is 6.58 Å². The maximum Gasteiger partial charge on any atom is 0.335 e. The molecule has 15 heavy (non-hydrogen) atoms. The summed E-state index contributed by atoms with van der Waals surface area (Å²) in [5.74, 6) is -0.195. The zero-order chi connectivity index (χ0) is 11.3. The van der Waals surface area contributed by atoms with Gasteiger partial charge in [0.2, 0.25) is 0 Å². The summed E-state index contributed by atoms with van der Waals surface area (Å²) in [6.45, 7) is 5.53. The predicted octanol–water partition coefficient (Wildman–Crippen LogP) is 3.32. The van der Waals surface area contributed by atoms with Gasteiger partial charge in [-0.3, -0.25) is 0 Å². The summed E-state index contributed by atoms with van der Waals surface area (Å²) >= 11 is 0. The van der Waals surface area contributed by atoms with Crippen LogP contribution in [0.1, 0.15) is 32.6 Å². The summed E-state index contributed by atoms with van der Waals surface area (Å²) in [7, 11) is 0. The van der Waals surface area contributed by atoms with E-state index in [1.54, 1.807) is 18.2 Å². The van der Waals surface area contributed by atoms with Gasteiger partial charge in [-0.15, -0.1) is 0 Å². The molecule has 0 aromatic carbocycles. The van der Waals surface area contributed by atoms with Crippen molar-refractivity contribution in [3.05, 3.63) is 36.0 Å². The Hall–Kier alpha value is -1.31. The molecule has 2 heteroatoms. The van der Waals surface area contributed by atoms with Crippen LogP contribution >= 0.6 is 0 Å². The summed E-state index contributed by atoms with van der Waals surface area (Å²) < 4.78 is 0. The van der Waals surface area contributed by atoms with E-state index in [1.165, 1.54) is 19.3 Å². The van der Waals surface area contributed by atoms with Gasteiger partial charge in [0.05, 0.1) is 5.57 Å². The molecule has 0 aromatic heterocycles. The number of aliphatic carboxylic acids is 1. The molecule has 0 radical (unpaired) electrons. The molecule has 0 unspecified atom stereocenters. The second kappa shape index (κ2) is 5.54. The monoisotopic (exact) mass is 206 g/mol. The van der Waals surface area contributed by atoms with Gasteiger partial charge >= 0.3 is 5.97 Å². The second-order valence-electron chi connectivity index (χ2n) is 3.95. The molecule has 1 aliphatic carbocycles. The number of hydrogen-bond acceptors (Lipinski definition) is 1. The average Bonchev–Trinajstić information content (AvgIpc) is 2.14. The lowest BCUT2D eigenvalue weighted by Gasteiger charge is -2.26. The lowest BCUT2D eigenvalue weighted by Crippen LogP contribution is -2.13. The fourth-order valence-corrected chi connectivity index (χ4v) is 1.79. The molecule has 0 bridgehead atoms. The topological polar surface area (TPSA) is 37.3 Å². The number of hydrogen-bond donors (Lipinski definition) is 1. The van der Waals surface area contributed by atoms with Gasteiger partial charge < -0.3 is 5.11 Å². The van der Waals surface area contributed by atoms with Crippen LogP contribution in [0, 0.1) is 5.92 Å². The number of carboxylic acid groups (broad SMARTS) is 1. The normalized spacial score (nSPS) is 18.5. The van der Waals surface area contributed by atoms with Crippen molar-refractivity contribution in [2.24, 2.45) is 5.92 Å². The highest BCUT2D eigenvalue weighted by atomic mass is 16.4. The lowest BCUT2D eigenvalue weighted by molar-refractivity contribution is -0.132. The van der Waals surface area contributed by atoms with Crippen molar-refractivity contribution in [3.8, 4) is 0 Å². The van der Waals surface area contributed by atoms with Crippen molar-refractivity contribution < 1.29 is 9.90 Å². The fraction of sp³-hybridized carbons (Fsp3) is 0.462. The van der Waals surface area contributed by atoms with Gasteiger partial charge in [-0.05, 0) is 24.8 Å². The number of carboxylic acids is 1. The number of allylic oxidation sites excluding steroid dienone is 3. The average molecular weight is 206 g/mol. The molecule has 0 heterocycles. The van der Waals surface area contributed by atoms with Gasteiger partial charge in [-0.2, -0.15) is 0 Å². The minimum absolute atomic E-state index is 0.388. The molecule has 0 aliphatic heterocycles. The quantitative estimate of drug-likeness (QED) is 0.553. The SMILES string of the molecule is C=C/C(CC1CCC1)=C(\C=C/C)C(=O)O. The first-order valence-corrected chi connectivity index (χ1v) is 5.40. The molecule has 0 spiro atoms. The third-order valence-corrected chi connectivity index (χ3v) is 2.89. The zero-order valence-corrected chi connectivity index (χ0v) is 9.20. The molecule has 1 rings (SSSR count). The second-order valence-corrected chi connectivity index (χ2v) is 3.95. The fourth-order valence-electron chi connectivity index (χ4n) is 1.79. The third-order valence-electron chi connectivity index (χ3n) is 2.89. The summed E-state index contributed by atoms with van der Waals surface area (Å²) in [5.41, 5.74) is 1.25. The molecule has 0 atom stereocenters. The van der Waals surface area contributed by atoms with E-state index < -0.39 is 5.97 Å². The first-order chi connectivity index (χ1) is 7.19. The van der Waals surface area contributed by atoms with Crippen LogP contribution in [-0.4, -0.2) is 11.1 Å². The molecule has 2 nitrogen and oxygen atoms in total. The molecule has 82 valence electrons. The molecule has 1 saturated carbocycles. The van der Waals surface area contributed by atoms with E-state index in [0.29, 0.717) is 11.5 Å². The predicted molar refractivity (Wildman–Crippen MR) is 61.6 cm³/mol. The van der Waals surface area contributed by atoms with Crippen LogP contribution in [0.2, 0.25) is 0 Å². The van der Waals surface area contributed by atoms with Gasteiger partial charge in [0, 0.05) is 0 Å². The van der Waals surface area contributed by atoms with Crippen LogP contribution in [-0.2, 0) is 4.79 Å². The van der Waals surface area contributed by atoms with Crippen molar-refractivity contribution in [2.75, 3.05) is 0 Å². The molecule has 1 fully saturated rings. The van der Waals surface area contributed by atoms with E-state index in [4.69, 9.17) is 5.11 Å². The Labute approximate surface area is 91.0 Å². The maximum absolute atomic E-state index is 11.0. The number of rotatable bonds is 5. The van der Waals surface area contributed by atoms with Crippen molar-refractivity contribution in [3.63, 3.8) is 0 Å². The Morgan fingerprint density at radius 2 is 2.20 bits per heavy atom. The zero-order valence-electron chi connectivity index (χ0n) is 9.20. The van der Waals surface area contributed by atoms with E-state index in [1.807, 2.05) is 6.92 Å². The van der Waals surface area contributed by atoms with Crippen LogP contribution < -0.4 is 0 Å². The maximum atomic E-state index is 11.0. The van der Waals surface area contributed by atoms with Gasteiger partial charge in [0.15, 0.2) is 0 Å². The minimum Gasteiger partial charge on any atom is -0.478 e. The Bertz CT molecular complexity index is 306. The Morgan fingerprint density at radius 1 is 1.53 bits per heavy atom. The third kappa shape index (κ3) is 3.08. The Balaban J connectivity index is 2.84. The number of carbonyl (C=O) groups is 1. The Morgan fingerprint density at radius 3 is 2.53 bits per heavy atom. The standard InChI is InChI=1S/C13H18O2/c1-3-6-12(13(14)15)11(4-2)9-10-7-5-8-10/h3-4,6,10H,2,5,7-9H2,1H3,(H,14,15)/b6-3-,12-11-. The summed E-state index contributed by atoms with van der Waals surface area (Å²) in [6, 6.07) is 0.